The molecule has 1 aliphatic carbocycles. The molecule has 0 unspecified atom stereocenters. The van der Waals surface area contributed by atoms with Crippen molar-refractivity contribution in [3.63, 3.8) is 0 Å². The lowest BCUT2D eigenvalue weighted by Crippen LogP contribution is -2.52. The molecule has 8 heteroatoms. The molecular weight excluding hydrogens is 384 g/mol. The number of carbonyl (C=O) groups excluding carboxylic acids is 1. The minimum atomic E-state index is -0.354. The predicted molar refractivity (Wildman–Crippen MR) is 111 cm³/mol. The van der Waals surface area contributed by atoms with E-state index in [2.05, 4.69) is 15.6 Å². The zero-order chi connectivity index (χ0) is 20.9. The summed E-state index contributed by atoms with van der Waals surface area (Å²) in [6.45, 7) is 0.581. The Morgan fingerprint density at radius 1 is 1.30 bits per heavy atom. The van der Waals surface area contributed by atoms with Gasteiger partial charge in [-0.1, -0.05) is 23.8 Å². The Balaban J connectivity index is 1.29. The van der Waals surface area contributed by atoms with E-state index in [0.29, 0.717) is 6.54 Å². The van der Waals surface area contributed by atoms with Crippen LogP contribution in [0.4, 0.5) is 0 Å². The van der Waals surface area contributed by atoms with Crippen LogP contribution in [0.2, 0.25) is 0 Å². The summed E-state index contributed by atoms with van der Waals surface area (Å²) in [5, 5.41) is 21.3. The maximum Gasteiger partial charge on any atom is 0.223 e. The van der Waals surface area contributed by atoms with E-state index >= 15 is 0 Å². The average Bonchev–Trinajstić information content (AvgIpc) is 3.20. The Kier molecular flexibility index (Phi) is 6.64. The molecule has 2 N–H and O–H groups in total. The summed E-state index contributed by atoms with van der Waals surface area (Å²) in [6, 6.07) is 7.62. The van der Waals surface area contributed by atoms with E-state index < -0.39 is 0 Å². The van der Waals surface area contributed by atoms with Gasteiger partial charge in [0.2, 0.25) is 5.91 Å². The van der Waals surface area contributed by atoms with Crippen molar-refractivity contribution in [2.45, 2.75) is 63.3 Å². The van der Waals surface area contributed by atoms with Gasteiger partial charge in [-0.25, -0.2) is 0 Å². The van der Waals surface area contributed by atoms with Crippen LogP contribution in [0.3, 0.4) is 0 Å². The van der Waals surface area contributed by atoms with Crippen molar-refractivity contribution in [3.8, 4) is 17.0 Å². The molecule has 162 valence electrons. The SMILES string of the molecule is COc1ccccc1-c1cn(CC[C@H]2CC[C@@H](NC(=O)C3CCC3)[C@H](CO)O2)nn1. The number of rotatable bonds is 8. The Morgan fingerprint density at radius 2 is 2.13 bits per heavy atom. The number of aliphatic hydroxyl groups excluding tert-OH is 1. The van der Waals surface area contributed by atoms with Gasteiger partial charge in [0.25, 0.3) is 0 Å². The predicted octanol–water partition coefficient (Wildman–Crippen LogP) is 2.17. The van der Waals surface area contributed by atoms with E-state index in [4.69, 9.17) is 9.47 Å². The smallest absolute Gasteiger partial charge is 0.223 e. The van der Waals surface area contributed by atoms with Gasteiger partial charge in [-0.3, -0.25) is 9.48 Å². The second-order valence-electron chi connectivity index (χ2n) is 8.16. The third-order valence-corrected chi connectivity index (χ3v) is 6.20. The van der Waals surface area contributed by atoms with Crippen molar-refractivity contribution in [3.05, 3.63) is 30.5 Å². The fraction of sp³-hybridized carbons (Fsp3) is 0.591. The highest BCUT2D eigenvalue weighted by atomic mass is 16.5. The van der Waals surface area contributed by atoms with E-state index in [9.17, 15) is 9.90 Å². The van der Waals surface area contributed by atoms with Gasteiger partial charge in [-0.05, 0) is 44.2 Å². The molecule has 1 saturated carbocycles. The Labute approximate surface area is 176 Å². The zero-order valence-electron chi connectivity index (χ0n) is 17.4. The molecule has 8 nitrogen and oxygen atoms in total. The van der Waals surface area contributed by atoms with E-state index in [1.54, 1.807) is 7.11 Å². The maximum absolute atomic E-state index is 12.2. The first-order valence-electron chi connectivity index (χ1n) is 10.8. The number of aromatic nitrogens is 3. The van der Waals surface area contributed by atoms with Crippen LogP contribution in [-0.4, -0.2) is 58.0 Å². The van der Waals surface area contributed by atoms with Crippen LogP contribution >= 0.6 is 0 Å². The van der Waals surface area contributed by atoms with Crippen molar-refractivity contribution < 1.29 is 19.4 Å². The lowest BCUT2D eigenvalue weighted by atomic mass is 9.84. The molecule has 0 bridgehead atoms. The third kappa shape index (κ3) is 4.65. The van der Waals surface area contributed by atoms with Crippen molar-refractivity contribution in [2.75, 3.05) is 13.7 Å². The molecule has 4 rings (SSSR count). The summed E-state index contributed by atoms with van der Waals surface area (Å²) < 4.78 is 13.3. The standard InChI is InChI=1S/C22H30N4O4/c1-29-20-8-3-2-7-17(20)19-13-26(25-24-19)12-11-16-9-10-18(21(14-27)30-16)23-22(28)15-5-4-6-15/h2-3,7-8,13,15-16,18,21,27H,4-6,9-12,14H2,1H3,(H,23,28)/t16-,18-,21+/m1/s1. The molecule has 1 aliphatic heterocycles. The monoisotopic (exact) mass is 414 g/mol. The summed E-state index contributed by atoms with van der Waals surface area (Å²) in [5.41, 5.74) is 1.68. The number of nitrogens with one attached hydrogen (secondary N) is 1. The largest absolute Gasteiger partial charge is 0.496 e. The Morgan fingerprint density at radius 3 is 2.87 bits per heavy atom. The van der Waals surface area contributed by atoms with E-state index in [0.717, 1.165) is 55.5 Å². The fourth-order valence-corrected chi connectivity index (χ4v) is 4.14. The molecular formula is C22H30N4O4. The van der Waals surface area contributed by atoms with Crippen molar-refractivity contribution in [1.29, 1.82) is 0 Å². The molecule has 3 atom stereocenters. The van der Waals surface area contributed by atoms with E-state index in [1.165, 1.54) is 0 Å². The van der Waals surface area contributed by atoms with Gasteiger partial charge >= 0.3 is 0 Å². The highest BCUT2D eigenvalue weighted by Gasteiger charge is 2.34. The summed E-state index contributed by atoms with van der Waals surface area (Å²) in [6.07, 6.45) is 7.09. The number of benzene rings is 1. The number of aryl methyl sites for hydroxylation is 1. The van der Waals surface area contributed by atoms with E-state index in [1.807, 2.05) is 35.1 Å². The molecule has 2 fully saturated rings. The van der Waals surface area contributed by atoms with Crippen LogP contribution < -0.4 is 10.1 Å². The number of methoxy groups -OCH3 is 1. The summed E-state index contributed by atoms with van der Waals surface area (Å²) in [4.78, 5) is 12.2. The van der Waals surface area contributed by atoms with Gasteiger partial charge in [0.1, 0.15) is 17.5 Å². The quantitative estimate of drug-likeness (QED) is 0.687. The fourth-order valence-electron chi connectivity index (χ4n) is 4.14. The molecule has 2 aromatic rings. The number of hydrogen-bond donors (Lipinski definition) is 2. The van der Waals surface area contributed by atoms with Crippen molar-refractivity contribution >= 4 is 5.91 Å². The van der Waals surface area contributed by atoms with Gasteiger partial charge in [-0.15, -0.1) is 5.10 Å². The maximum atomic E-state index is 12.2. The molecule has 2 aliphatic rings. The van der Waals surface area contributed by atoms with Gasteiger partial charge in [-0.2, -0.15) is 0 Å². The van der Waals surface area contributed by atoms with Crippen LogP contribution in [0, 0.1) is 5.92 Å². The van der Waals surface area contributed by atoms with Crippen LogP contribution in [0.25, 0.3) is 11.3 Å². The summed E-state index contributed by atoms with van der Waals surface area (Å²) >= 11 is 0. The van der Waals surface area contributed by atoms with Crippen LogP contribution in [0.15, 0.2) is 30.5 Å². The van der Waals surface area contributed by atoms with Gasteiger partial charge in [0, 0.05) is 18.0 Å². The number of para-hydroxylation sites is 1. The van der Waals surface area contributed by atoms with E-state index in [-0.39, 0.29) is 36.7 Å². The Hall–Kier alpha value is -2.45. The molecule has 1 aromatic heterocycles. The molecule has 1 saturated heterocycles. The first-order chi connectivity index (χ1) is 14.7. The molecule has 2 heterocycles. The topological polar surface area (TPSA) is 98.5 Å². The third-order valence-electron chi connectivity index (χ3n) is 6.20. The number of nitrogens with zero attached hydrogens (tertiary/aromatic N) is 3. The highest BCUT2D eigenvalue weighted by molar-refractivity contribution is 5.79. The van der Waals surface area contributed by atoms with Gasteiger partial charge in [0.15, 0.2) is 0 Å². The number of carbonyl (C=O) groups is 1. The van der Waals surface area contributed by atoms with Gasteiger partial charge in [0.05, 0.1) is 32.1 Å². The first-order valence-corrected chi connectivity index (χ1v) is 10.8. The summed E-state index contributed by atoms with van der Waals surface area (Å²) in [5.74, 6) is 1.02. The molecule has 0 radical (unpaired) electrons. The minimum absolute atomic E-state index is 0.0258. The molecule has 1 aromatic carbocycles. The van der Waals surface area contributed by atoms with Crippen molar-refractivity contribution in [2.24, 2.45) is 5.92 Å². The second kappa shape index (κ2) is 9.57. The normalized spacial score (nSPS) is 24.3. The van der Waals surface area contributed by atoms with Crippen LogP contribution in [0.1, 0.15) is 38.5 Å². The average molecular weight is 415 g/mol. The minimum Gasteiger partial charge on any atom is -0.496 e. The zero-order valence-corrected chi connectivity index (χ0v) is 17.4. The number of aliphatic hydroxyl groups is 1. The summed E-state index contributed by atoms with van der Waals surface area (Å²) in [7, 11) is 1.64. The number of hydrogen-bond acceptors (Lipinski definition) is 6. The van der Waals surface area contributed by atoms with Gasteiger partial charge < -0.3 is 19.9 Å². The molecule has 1 amide bonds. The Bertz CT molecular complexity index is 851. The molecule has 30 heavy (non-hydrogen) atoms. The van der Waals surface area contributed by atoms with Crippen molar-refractivity contribution in [1.82, 2.24) is 20.3 Å². The highest BCUT2D eigenvalue weighted by Crippen LogP contribution is 2.29. The lowest BCUT2D eigenvalue weighted by Gasteiger charge is -2.37. The molecule has 0 spiro atoms. The first kappa shape index (κ1) is 20.8. The lowest BCUT2D eigenvalue weighted by molar-refractivity contribution is -0.134. The number of ether oxygens (including phenoxy) is 2. The van der Waals surface area contributed by atoms with Crippen LogP contribution in [-0.2, 0) is 16.1 Å². The van der Waals surface area contributed by atoms with Crippen LogP contribution in [0.5, 0.6) is 5.75 Å². The number of amides is 1. The second-order valence-corrected chi connectivity index (χ2v) is 8.16.